The van der Waals surface area contributed by atoms with Crippen molar-refractivity contribution in [2.75, 3.05) is 13.2 Å². The molecule has 5 nitrogen and oxygen atoms in total. The predicted molar refractivity (Wildman–Crippen MR) is 49.7 cm³/mol. The fourth-order valence-corrected chi connectivity index (χ4v) is 0.643. The molecule has 0 radical (unpaired) electrons. The molecule has 3 N–H and O–H groups in total. The van der Waals surface area contributed by atoms with Crippen LogP contribution in [0.4, 0.5) is 0 Å². The van der Waals surface area contributed by atoms with Crippen LogP contribution in [-0.4, -0.2) is 34.5 Å². The van der Waals surface area contributed by atoms with E-state index in [2.05, 4.69) is 17.9 Å². The average molecular weight is 200 g/mol. The second-order valence-electron chi connectivity index (χ2n) is 2.36. The minimum absolute atomic E-state index is 0.193. The van der Waals surface area contributed by atoms with E-state index in [4.69, 9.17) is 15.3 Å². The first-order chi connectivity index (χ1) is 6.49. The molecule has 0 saturated heterocycles. The summed E-state index contributed by atoms with van der Waals surface area (Å²) in [6, 6.07) is 0. The number of ether oxygens (including phenoxy) is 1. The Labute approximate surface area is 81.2 Å². The van der Waals surface area contributed by atoms with Gasteiger partial charge in [-0.3, -0.25) is 0 Å². The van der Waals surface area contributed by atoms with Crippen LogP contribution in [0.25, 0.3) is 0 Å². The molecule has 14 heavy (non-hydrogen) atoms. The van der Waals surface area contributed by atoms with E-state index in [1.165, 1.54) is 0 Å². The topological polar surface area (TPSA) is 87.0 Å². The van der Waals surface area contributed by atoms with Crippen LogP contribution in [0.3, 0.4) is 0 Å². The Morgan fingerprint density at radius 1 is 1.36 bits per heavy atom. The minimum atomic E-state index is -0.887. The molecule has 78 valence electrons. The highest BCUT2D eigenvalue weighted by Crippen LogP contribution is 2.08. The summed E-state index contributed by atoms with van der Waals surface area (Å²) in [5.74, 6) is -1.83. The zero-order chi connectivity index (χ0) is 11.1. The van der Waals surface area contributed by atoms with Crippen molar-refractivity contribution >= 4 is 5.97 Å². The van der Waals surface area contributed by atoms with Gasteiger partial charge in [-0.05, 0) is 6.08 Å². The Balaban J connectivity index is 4.59. The van der Waals surface area contributed by atoms with Gasteiger partial charge in [0.2, 0.25) is 0 Å². The molecule has 0 aromatic carbocycles. The van der Waals surface area contributed by atoms with Gasteiger partial charge in [0, 0.05) is 0 Å². The number of carbonyl (C=O) groups excluding carboxylic acids is 1. The van der Waals surface area contributed by atoms with Crippen molar-refractivity contribution in [1.82, 2.24) is 0 Å². The van der Waals surface area contributed by atoms with Gasteiger partial charge < -0.3 is 20.1 Å². The largest absolute Gasteiger partial charge is 0.509 e. The molecule has 0 aliphatic heterocycles. The number of allylic oxidation sites excluding steroid dienone is 1. The number of hydrogen-bond acceptors (Lipinski definition) is 5. The van der Waals surface area contributed by atoms with Crippen molar-refractivity contribution in [3.8, 4) is 0 Å². The summed E-state index contributed by atoms with van der Waals surface area (Å²) in [6.07, 6.45) is 0.919. The number of carbonyl (C=O) groups is 1. The van der Waals surface area contributed by atoms with Crippen LogP contribution in [0, 0.1) is 0 Å². The van der Waals surface area contributed by atoms with Gasteiger partial charge in [-0.25, -0.2) is 4.79 Å². The smallest absolute Gasteiger partial charge is 0.342 e. The van der Waals surface area contributed by atoms with Crippen molar-refractivity contribution in [3.63, 3.8) is 0 Å². The van der Waals surface area contributed by atoms with Gasteiger partial charge in [-0.2, -0.15) is 0 Å². The van der Waals surface area contributed by atoms with Crippen LogP contribution in [0.15, 0.2) is 36.3 Å². The van der Waals surface area contributed by atoms with Gasteiger partial charge in [0.15, 0.2) is 0 Å². The summed E-state index contributed by atoms with van der Waals surface area (Å²) in [7, 11) is 0. The maximum absolute atomic E-state index is 11.1. The summed E-state index contributed by atoms with van der Waals surface area (Å²) < 4.78 is 4.49. The molecule has 0 saturated carbocycles. The van der Waals surface area contributed by atoms with Gasteiger partial charge in [-0.1, -0.05) is 13.2 Å². The molecule has 0 aromatic heterocycles. The van der Waals surface area contributed by atoms with E-state index in [0.717, 1.165) is 6.08 Å². The zero-order valence-electron chi connectivity index (χ0n) is 7.56. The molecular formula is C9H12O5. The lowest BCUT2D eigenvalue weighted by Crippen LogP contribution is -2.12. The van der Waals surface area contributed by atoms with Gasteiger partial charge in [0.1, 0.15) is 23.7 Å². The van der Waals surface area contributed by atoms with Crippen LogP contribution in [-0.2, 0) is 9.53 Å². The van der Waals surface area contributed by atoms with E-state index in [1.807, 2.05) is 0 Å². The lowest BCUT2D eigenvalue weighted by Gasteiger charge is -2.05. The maximum Gasteiger partial charge on any atom is 0.342 e. The Hall–Kier alpha value is -1.75. The van der Waals surface area contributed by atoms with Crippen LogP contribution in [0.5, 0.6) is 0 Å². The standard InChI is InChI=1S/C9H12O5/c1-6(11)5-8(7(2)12)9(13)14-4-3-10/h5,10-12H,1-4H2/b8-5+. The predicted octanol–water partition coefficient (Wildman–Crippen LogP) is 0.592. The van der Waals surface area contributed by atoms with Crippen molar-refractivity contribution in [2.45, 2.75) is 0 Å². The Morgan fingerprint density at radius 2 is 1.93 bits per heavy atom. The van der Waals surface area contributed by atoms with Gasteiger partial charge in [0.25, 0.3) is 0 Å². The lowest BCUT2D eigenvalue weighted by atomic mass is 10.2. The molecule has 0 bridgehead atoms. The summed E-state index contributed by atoms with van der Waals surface area (Å²) >= 11 is 0. The number of aliphatic hydroxyl groups is 3. The van der Waals surface area contributed by atoms with Gasteiger partial charge >= 0.3 is 5.97 Å². The van der Waals surface area contributed by atoms with Crippen molar-refractivity contribution in [2.24, 2.45) is 0 Å². The highest BCUT2D eigenvalue weighted by molar-refractivity contribution is 5.92. The first-order valence-electron chi connectivity index (χ1n) is 3.74. The normalized spacial score (nSPS) is 10.8. The highest BCUT2D eigenvalue weighted by Gasteiger charge is 2.13. The van der Waals surface area contributed by atoms with Crippen LogP contribution in [0.2, 0.25) is 0 Å². The summed E-state index contributed by atoms with van der Waals surface area (Å²) in [6.45, 7) is 5.70. The number of aliphatic hydroxyl groups excluding tert-OH is 3. The van der Waals surface area contributed by atoms with Crippen LogP contribution >= 0.6 is 0 Å². The molecule has 0 amide bonds. The SMILES string of the molecule is C=C(O)/C=C(\C(=C)O)C(=O)OCCO. The second-order valence-corrected chi connectivity index (χ2v) is 2.36. The Morgan fingerprint density at radius 3 is 2.29 bits per heavy atom. The first-order valence-corrected chi connectivity index (χ1v) is 3.74. The van der Waals surface area contributed by atoms with E-state index in [-0.39, 0.29) is 18.8 Å². The molecule has 0 spiro atoms. The minimum Gasteiger partial charge on any atom is -0.509 e. The number of rotatable bonds is 5. The molecule has 5 heteroatoms. The molecule has 0 atom stereocenters. The quantitative estimate of drug-likeness (QED) is 0.262. The fraction of sp³-hybridized carbons (Fsp3) is 0.222. The lowest BCUT2D eigenvalue weighted by molar-refractivity contribution is -0.139. The molecular weight excluding hydrogens is 188 g/mol. The van der Waals surface area contributed by atoms with Gasteiger partial charge in [0.05, 0.1) is 6.61 Å². The summed E-state index contributed by atoms with van der Waals surface area (Å²) in [5.41, 5.74) is -0.300. The average Bonchev–Trinajstić information content (AvgIpc) is 2.09. The first kappa shape index (κ1) is 12.2. The third-order valence-corrected chi connectivity index (χ3v) is 1.17. The van der Waals surface area contributed by atoms with Gasteiger partial charge in [-0.15, -0.1) is 0 Å². The third-order valence-electron chi connectivity index (χ3n) is 1.17. The van der Waals surface area contributed by atoms with E-state index >= 15 is 0 Å². The van der Waals surface area contributed by atoms with Crippen LogP contribution < -0.4 is 0 Å². The monoisotopic (exact) mass is 200 g/mol. The molecule has 0 aromatic rings. The fourth-order valence-electron chi connectivity index (χ4n) is 0.643. The van der Waals surface area contributed by atoms with E-state index in [0.29, 0.717) is 0 Å². The Kier molecular flexibility index (Phi) is 5.09. The van der Waals surface area contributed by atoms with E-state index in [1.54, 1.807) is 0 Å². The van der Waals surface area contributed by atoms with E-state index in [9.17, 15) is 4.79 Å². The zero-order valence-corrected chi connectivity index (χ0v) is 7.56. The summed E-state index contributed by atoms with van der Waals surface area (Å²) in [5, 5.41) is 26.1. The van der Waals surface area contributed by atoms with Crippen molar-refractivity contribution in [3.05, 3.63) is 36.3 Å². The molecule has 0 unspecified atom stereocenters. The molecule has 0 heterocycles. The van der Waals surface area contributed by atoms with Crippen LogP contribution in [0.1, 0.15) is 0 Å². The van der Waals surface area contributed by atoms with Crippen molar-refractivity contribution < 1.29 is 24.9 Å². The summed E-state index contributed by atoms with van der Waals surface area (Å²) in [4.78, 5) is 11.1. The third kappa shape index (κ3) is 4.32. The molecule has 0 aliphatic rings. The molecule has 0 aliphatic carbocycles. The second kappa shape index (κ2) is 5.82. The Bertz CT molecular complexity index is 277. The maximum atomic E-state index is 11.1. The van der Waals surface area contributed by atoms with E-state index < -0.39 is 17.5 Å². The number of esters is 1. The highest BCUT2D eigenvalue weighted by atomic mass is 16.5. The number of hydrogen-bond donors (Lipinski definition) is 3. The van der Waals surface area contributed by atoms with Crippen molar-refractivity contribution in [1.29, 1.82) is 0 Å². The molecule has 0 fully saturated rings. The molecule has 0 rings (SSSR count).